The molecule has 4 rings (SSSR count). The maximum Gasteiger partial charge on any atom is 0.573 e. The lowest BCUT2D eigenvalue weighted by Crippen LogP contribution is -2.51. The summed E-state index contributed by atoms with van der Waals surface area (Å²) < 4.78 is 41.5. The van der Waals surface area contributed by atoms with Crippen molar-refractivity contribution >= 4 is 34.2 Å². The highest BCUT2D eigenvalue weighted by Crippen LogP contribution is 2.26. The maximum absolute atomic E-state index is 13.3. The van der Waals surface area contributed by atoms with Crippen LogP contribution in [0.1, 0.15) is 31.2 Å². The minimum absolute atomic E-state index is 0.0536. The number of hydrogen-bond donors (Lipinski definition) is 5. The SMILES string of the molecule is N[C@@H](CCC(=O)C1C[C@H](N)[C@@H](N)C1)C(=O)N[C@H](Cc1ccc(OC(F)(F)F)cc1)C(=O)Nc1cnc2ccccc2c1. The number of hydrogen-bond acceptors (Lipinski definition) is 8. The fourth-order valence-corrected chi connectivity index (χ4v) is 4.92. The standard InChI is InChI=1S/C29H33F3N6O4/c30-29(31,32)42-20-7-5-16(6-8-20)11-25(28(41)37-19-12-17-3-1-2-4-24(17)36-15-19)38-27(40)21(33)9-10-26(39)18-13-22(34)23(35)14-18/h1-8,12,15,18,21-23,25H,9-11,13-14,33-35H2,(H,37,41)(H,38,40)/t21-,22-,23-,25+/m0/s1. The first-order chi connectivity index (χ1) is 19.9. The summed E-state index contributed by atoms with van der Waals surface area (Å²) in [4.78, 5) is 43.2. The van der Waals surface area contributed by atoms with Gasteiger partial charge in [-0.2, -0.15) is 0 Å². The Hall–Kier alpha value is -4.07. The number of ketones is 1. The van der Waals surface area contributed by atoms with Gasteiger partial charge in [-0.05, 0) is 49.1 Å². The quantitative estimate of drug-likeness (QED) is 0.228. The topological polar surface area (TPSA) is 175 Å². The fourth-order valence-electron chi connectivity index (χ4n) is 4.92. The Morgan fingerprint density at radius 1 is 1.00 bits per heavy atom. The van der Waals surface area contributed by atoms with Crippen LogP contribution >= 0.6 is 0 Å². The van der Waals surface area contributed by atoms with Crippen LogP contribution in [0.15, 0.2) is 60.8 Å². The molecule has 3 aromatic rings. The van der Waals surface area contributed by atoms with Gasteiger partial charge in [0.15, 0.2) is 0 Å². The van der Waals surface area contributed by atoms with Crippen molar-refractivity contribution in [1.29, 1.82) is 0 Å². The molecule has 2 amide bonds. The first-order valence-corrected chi connectivity index (χ1v) is 13.5. The number of alkyl halides is 3. The lowest BCUT2D eigenvalue weighted by atomic mass is 9.96. The molecule has 224 valence electrons. The van der Waals surface area contributed by atoms with E-state index in [0.717, 1.165) is 23.0 Å². The number of halogens is 3. The zero-order valence-corrected chi connectivity index (χ0v) is 22.6. The number of rotatable bonds is 11. The number of aromatic nitrogens is 1. The van der Waals surface area contributed by atoms with E-state index in [1.54, 1.807) is 6.07 Å². The molecule has 0 spiro atoms. The van der Waals surface area contributed by atoms with Gasteiger partial charge in [0.05, 0.1) is 23.4 Å². The molecule has 4 atom stereocenters. The van der Waals surface area contributed by atoms with E-state index >= 15 is 0 Å². The number of nitrogens with two attached hydrogens (primary N) is 3. The second-order valence-corrected chi connectivity index (χ2v) is 10.5. The molecule has 1 saturated carbocycles. The minimum Gasteiger partial charge on any atom is -0.406 e. The molecule has 13 heteroatoms. The molecule has 8 N–H and O–H groups in total. The molecule has 1 fully saturated rings. The number of anilines is 1. The molecule has 10 nitrogen and oxygen atoms in total. The lowest BCUT2D eigenvalue weighted by molar-refractivity contribution is -0.274. The normalized spacial score (nSPS) is 18.8. The number of Topliss-reactive ketones (excluding diaryl/α,β-unsaturated/α-hetero) is 1. The number of amides is 2. The third-order valence-corrected chi connectivity index (χ3v) is 7.24. The summed E-state index contributed by atoms with van der Waals surface area (Å²) in [6.45, 7) is 0. The Labute approximate surface area is 240 Å². The number of benzene rings is 2. The summed E-state index contributed by atoms with van der Waals surface area (Å²) in [6, 6.07) is 11.3. The van der Waals surface area contributed by atoms with Gasteiger partial charge < -0.3 is 32.6 Å². The van der Waals surface area contributed by atoms with Gasteiger partial charge in [0, 0.05) is 36.2 Å². The second-order valence-electron chi connectivity index (χ2n) is 10.5. The van der Waals surface area contributed by atoms with Crippen LogP contribution in [0.25, 0.3) is 10.9 Å². The summed E-state index contributed by atoms with van der Waals surface area (Å²) in [5.74, 6) is -2.01. The van der Waals surface area contributed by atoms with Gasteiger partial charge in [0.1, 0.15) is 17.6 Å². The largest absolute Gasteiger partial charge is 0.573 e. The van der Waals surface area contributed by atoms with Gasteiger partial charge in [-0.1, -0.05) is 30.3 Å². The van der Waals surface area contributed by atoms with Crippen molar-refractivity contribution in [2.45, 2.75) is 62.6 Å². The Kier molecular flexibility index (Phi) is 9.76. The van der Waals surface area contributed by atoms with E-state index in [2.05, 4.69) is 20.4 Å². The molecule has 1 aliphatic rings. The van der Waals surface area contributed by atoms with Crippen LogP contribution in [0.3, 0.4) is 0 Å². The maximum atomic E-state index is 13.3. The zero-order valence-electron chi connectivity index (χ0n) is 22.6. The van der Waals surface area contributed by atoms with Crippen molar-refractivity contribution in [2.75, 3.05) is 5.32 Å². The van der Waals surface area contributed by atoms with Crippen molar-refractivity contribution in [3.8, 4) is 5.75 Å². The predicted molar refractivity (Wildman–Crippen MR) is 150 cm³/mol. The molecule has 0 bridgehead atoms. The second kappa shape index (κ2) is 13.3. The minimum atomic E-state index is -4.85. The van der Waals surface area contributed by atoms with Crippen LogP contribution < -0.4 is 32.6 Å². The Morgan fingerprint density at radius 2 is 1.67 bits per heavy atom. The molecule has 0 radical (unpaired) electrons. The summed E-state index contributed by atoms with van der Waals surface area (Å²) in [7, 11) is 0. The van der Waals surface area contributed by atoms with Crippen molar-refractivity contribution in [3.05, 3.63) is 66.4 Å². The van der Waals surface area contributed by atoms with Gasteiger partial charge in [0.2, 0.25) is 11.8 Å². The van der Waals surface area contributed by atoms with Crippen LogP contribution in [0.4, 0.5) is 18.9 Å². The average molecular weight is 587 g/mol. The summed E-state index contributed by atoms with van der Waals surface area (Å²) >= 11 is 0. The van der Waals surface area contributed by atoms with E-state index in [0.29, 0.717) is 24.1 Å². The number of nitrogens with zero attached hydrogens (tertiary/aromatic N) is 1. The summed E-state index contributed by atoms with van der Waals surface area (Å²) in [5, 5.41) is 6.14. The first kappa shape index (κ1) is 30.9. The van der Waals surface area contributed by atoms with E-state index in [1.807, 2.05) is 24.3 Å². The molecular weight excluding hydrogens is 553 g/mol. The summed E-state index contributed by atoms with van der Waals surface area (Å²) in [5.41, 5.74) is 19.5. The molecule has 0 unspecified atom stereocenters. The van der Waals surface area contributed by atoms with Crippen LogP contribution in [-0.2, 0) is 20.8 Å². The van der Waals surface area contributed by atoms with Crippen LogP contribution in [-0.4, -0.2) is 53.1 Å². The van der Waals surface area contributed by atoms with Gasteiger partial charge in [0.25, 0.3) is 0 Å². The molecule has 1 aliphatic carbocycles. The smallest absolute Gasteiger partial charge is 0.406 e. The molecular formula is C29H33F3N6O4. The summed E-state index contributed by atoms with van der Waals surface area (Å²) in [6.07, 6.45) is -2.36. The van der Waals surface area contributed by atoms with Crippen LogP contribution in [0, 0.1) is 5.92 Å². The van der Waals surface area contributed by atoms with E-state index in [9.17, 15) is 27.6 Å². The van der Waals surface area contributed by atoms with E-state index in [1.165, 1.54) is 18.3 Å². The molecule has 0 saturated heterocycles. The van der Waals surface area contributed by atoms with E-state index < -0.39 is 36.0 Å². The van der Waals surface area contributed by atoms with Crippen molar-refractivity contribution < 1.29 is 32.3 Å². The highest BCUT2D eigenvalue weighted by molar-refractivity contribution is 5.99. The Morgan fingerprint density at radius 3 is 2.33 bits per heavy atom. The molecule has 42 heavy (non-hydrogen) atoms. The molecule has 2 aromatic carbocycles. The van der Waals surface area contributed by atoms with E-state index in [-0.39, 0.29) is 43.0 Å². The van der Waals surface area contributed by atoms with Crippen molar-refractivity contribution in [3.63, 3.8) is 0 Å². The number of para-hydroxylation sites is 1. The first-order valence-electron chi connectivity index (χ1n) is 13.5. The van der Waals surface area contributed by atoms with Gasteiger partial charge in [-0.25, -0.2) is 0 Å². The van der Waals surface area contributed by atoms with Gasteiger partial charge in [-0.15, -0.1) is 13.2 Å². The fraction of sp³-hybridized carbons (Fsp3) is 0.379. The van der Waals surface area contributed by atoms with Gasteiger partial charge >= 0.3 is 6.36 Å². The third kappa shape index (κ3) is 8.47. The van der Waals surface area contributed by atoms with Crippen molar-refractivity contribution in [2.24, 2.45) is 23.1 Å². The number of nitrogens with one attached hydrogen (secondary N) is 2. The Bertz CT molecular complexity index is 1410. The van der Waals surface area contributed by atoms with Gasteiger partial charge in [-0.3, -0.25) is 19.4 Å². The molecule has 0 aliphatic heterocycles. The number of carbonyl (C=O) groups is 3. The van der Waals surface area contributed by atoms with Crippen molar-refractivity contribution in [1.82, 2.24) is 10.3 Å². The third-order valence-electron chi connectivity index (χ3n) is 7.24. The Balaban J connectivity index is 1.43. The number of fused-ring (bicyclic) bond motifs is 1. The average Bonchev–Trinajstić information content (AvgIpc) is 3.29. The number of pyridine rings is 1. The number of carbonyl (C=O) groups excluding carboxylic acids is 3. The van der Waals surface area contributed by atoms with Crippen LogP contribution in [0.2, 0.25) is 0 Å². The zero-order chi connectivity index (χ0) is 30.4. The highest BCUT2D eigenvalue weighted by atomic mass is 19.4. The molecule has 1 aromatic heterocycles. The highest BCUT2D eigenvalue weighted by Gasteiger charge is 2.34. The van der Waals surface area contributed by atoms with E-state index in [4.69, 9.17) is 17.2 Å². The monoisotopic (exact) mass is 586 g/mol. The molecule has 1 heterocycles. The predicted octanol–water partition coefficient (Wildman–Crippen LogP) is 2.54. The number of ether oxygens (including phenoxy) is 1. The lowest BCUT2D eigenvalue weighted by Gasteiger charge is -2.21. The van der Waals surface area contributed by atoms with Crippen LogP contribution in [0.5, 0.6) is 5.75 Å².